The summed E-state index contributed by atoms with van der Waals surface area (Å²) < 4.78 is 5.47. The molecule has 1 heterocycles. The number of rotatable bonds is 5. The Morgan fingerprint density at radius 1 is 1.16 bits per heavy atom. The Kier molecular flexibility index (Phi) is 4.32. The molecule has 0 spiro atoms. The minimum atomic E-state index is 0.0890. The molecule has 2 aromatic rings. The summed E-state index contributed by atoms with van der Waals surface area (Å²) >= 11 is 0. The molecule has 1 aromatic carbocycles. The van der Waals surface area contributed by atoms with Crippen LogP contribution in [-0.4, -0.2) is 16.7 Å². The summed E-state index contributed by atoms with van der Waals surface area (Å²) in [5, 5.41) is 7.92. The first kappa shape index (κ1) is 13.7. The third-order valence-electron chi connectivity index (χ3n) is 3.30. The molecule has 4 heteroatoms. The van der Waals surface area contributed by atoms with Crippen molar-refractivity contribution < 1.29 is 4.42 Å². The van der Waals surface area contributed by atoms with Crippen LogP contribution in [0.3, 0.4) is 0 Å². The fraction of sp³-hybridized carbons (Fsp3) is 0.467. The van der Waals surface area contributed by atoms with E-state index in [4.69, 9.17) is 10.2 Å². The lowest BCUT2D eigenvalue weighted by Gasteiger charge is -2.11. The van der Waals surface area contributed by atoms with Crippen molar-refractivity contribution in [1.29, 1.82) is 0 Å². The van der Waals surface area contributed by atoms with Crippen LogP contribution in [0.2, 0.25) is 0 Å². The molecule has 1 atom stereocenters. The molecule has 4 nitrogen and oxygen atoms in total. The minimum Gasteiger partial charge on any atom is -0.425 e. The van der Waals surface area contributed by atoms with Gasteiger partial charge in [0.05, 0.1) is 5.92 Å². The molecule has 0 aliphatic rings. The zero-order valence-electron chi connectivity index (χ0n) is 11.8. The molecular formula is C15H21N3O. The maximum absolute atomic E-state index is 5.81. The zero-order chi connectivity index (χ0) is 13.8. The van der Waals surface area contributed by atoms with E-state index in [0.29, 0.717) is 24.2 Å². The van der Waals surface area contributed by atoms with E-state index in [0.717, 1.165) is 6.42 Å². The van der Waals surface area contributed by atoms with Crippen LogP contribution in [0.4, 0.5) is 0 Å². The number of hydrogen-bond donors (Lipinski definition) is 1. The van der Waals surface area contributed by atoms with Gasteiger partial charge in [0.15, 0.2) is 0 Å². The second kappa shape index (κ2) is 5.97. The first-order valence-corrected chi connectivity index (χ1v) is 6.69. The van der Waals surface area contributed by atoms with Crippen LogP contribution in [0.15, 0.2) is 28.7 Å². The van der Waals surface area contributed by atoms with Gasteiger partial charge in [-0.2, -0.15) is 0 Å². The van der Waals surface area contributed by atoms with Crippen molar-refractivity contribution in [2.45, 2.75) is 39.0 Å². The molecule has 0 aliphatic heterocycles. The molecule has 0 saturated carbocycles. The van der Waals surface area contributed by atoms with Crippen molar-refractivity contribution in [2.75, 3.05) is 6.54 Å². The van der Waals surface area contributed by atoms with Crippen molar-refractivity contribution in [1.82, 2.24) is 10.2 Å². The van der Waals surface area contributed by atoms with Crippen molar-refractivity contribution in [3.05, 3.63) is 47.2 Å². The maximum Gasteiger partial charge on any atom is 0.221 e. The van der Waals surface area contributed by atoms with E-state index in [1.165, 1.54) is 11.1 Å². The van der Waals surface area contributed by atoms with Crippen LogP contribution in [0.25, 0.3) is 0 Å². The summed E-state index contributed by atoms with van der Waals surface area (Å²) in [6, 6.07) is 8.65. The highest BCUT2D eigenvalue weighted by Gasteiger charge is 2.17. The zero-order valence-corrected chi connectivity index (χ0v) is 11.8. The summed E-state index contributed by atoms with van der Waals surface area (Å²) in [6.45, 7) is 6.69. The number of nitrogens with zero attached hydrogens (tertiary/aromatic N) is 2. The van der Waals surface area contributed by atoms with Gasteiger partial charge in [0.1, 0.15) is 0 Å². The monoisotopic (exact) mass is 259 g/mol. The first-order chi connectivity index (χ1) is 9.10. The molecule has 2 N–H and O–H groups in total. The van der Waals surface area contributed by atoms with Crippen LogP contribution < -0.4 is 5.73 Å². The van der Waals surface area contributed by atoms with Gasteiger partial charge < -0.3 is 10.2 Å². The lowest BCUT2D eigenvalue weighted by molar-refractivity contribution is 0.427. The van der Waals surface area contributed by atoms with Crippen LogP contribution >= 0.6 is 0 Å². The average molecular weight is 259 g/mol. The Morgan fingerprint density at radius 3 is 2.32 bits per heavy atom. The molecule has 2 rings (SSSR count). The van der Waals surface area contributed by atoms with Gasteiger partial charge in [-0.1, -0.05) is 38.1 Å². The van der Waals surface area contributed by atoms with Gasteiger partial charge in [-0.15, -0.1) is 10.2 Å². The standard InChI is InChI=1S/C15H21N3O/c1-10(2)13-6-4-12(5-7-13)8-14(9-16)15-18-17-11(3)19-15/h4-7,10,14H,8-9,16H2,1-3H3. The Hall–Kier alpha value is -1.68. The van der Waals surface area contributed by atoms with Gasteiger partial charge in [0, 0.05) is 13.5 Å². The summed E-state index contributed by atoms with van der Waals surface area (Å²) in [5.74, 6) is 1.86. The Morgan fingerprint density at radius 2 is 1.84 bits per heavy atom. The summed E-state index contributed by atoms with van der Waals surface area (Å²) in [6.07, 6.45) is 0.830. The van der Waals surface area contributed by atoms with Crippen molar-refractivity contribution in [3.63, 3.8) is 0 Å². The van der Waals surface area contributed by atoms with Crippen molar-refractivity contribution >= 4 is 0 Å². The topological polar surface area (TPSA) is 64.9 Å². The van der Waals surface area contributed by atoms with E-state index in [9.17, 15) is 0 Å². The number of aromatic nitrogens is 2. The third kappa shape index (κ3) is 3.41. The van der Waals surface area contributed by atoms with Crippen LogP contribution in [0.5, 0.6) is 0 Å². The molecule has 0 aliphatic carbocycles. The van der Waals surface area contributed by atoms with E-state index in [1.807, 2.05) is 0 Å². The van der Waals surface area contributed by atoms with E-state index in [1.54, 1.807) is 6.92 Å². The predicted octanol–water partition coefficient (Wildman–Crippen LogP) is 2.79. The highest BCUT2D eigenvalue weighted by molar-refractivity contribution is 5.25. The summed E-state index contributed by atoms with van der Waals surface area (Å²) in [5.41, 5.74) is 8.41. The highest BCUT2D eigenvalue weighted by Crippen LogP contribution is 2.21. The van der Waals surface area contributed by atoms with Gasteiger partial charge >= 0.3 is 0 Å². The Bertz CT molecular complexity index is 516. The Balaban J connectivity index is 2.10. The highest BCUT2D eigenvalue weighted by atomic mass is 16.4. The first-order valence-electron chi connectivity index (χ1n) is 6.69. The van der Waals surface area contributed by atoms with E-state index in [2.05, 4.69) is 48.3 Å². The maximum atomic E-state index is 5.81. The van der Waals surface area contributed by atoms with Crippen LogP contribution in [0.1, 0.15) is 48.6 Å². The van der Waals surface area contributed by atoms with Crippen molar-refractivity contribution in [2.24, 2.45) is 5.73 Å². The fourth-order valence-electron chi connectivity index (χ4n) is 2.07. The smallest absolute Gasteiger partial charge is 0.221 e. The molecule has 1 aromatic heterocycles. The molecule has 0 radical (unpaired) electrons. The number of benzene rings is 1. The number of nitrogens with two attached hydrogens (primary N) is 1. The lowest BCUT2D eigenvalue weighted by Crippen LogP contribution is -2.15. The normalized spacial score (nSPS) is 12.9. The largest absolute Gasteiger partial charge is 0.425 e. The number of hydrogen-bond acceptors (Lipinski definition) is 4. The van der Waals surface area contributed by atoms with Gasteiger partial charge in [-0.25, -0.2) is 0 Å². The van der Waals surface area contributed by atoms with Crippen LogP contribution in [-0.2, 0) is 6.42 Å². The lowest BCUT2D eigenvalue weighted by atomic mass is 9.96. The molecule has 19 heavy (non-hydrogen) atoms. The van der Waals surface area contributed by atoms with E-state index in [-0.39, 0.29) is 5.92 Å². The molecule has 0 bridgehead atoms. The average Bonchev–Trinajstić information content (AvgIpc) is 2.83. The number of aryl methyl sites for hydroxylation is 1. The second-order valence-corrected chi connectivity index (χ2v) is 5.19. The molecule has 0 fully saturated rings. The van der Waals surface area contributed by atoms with E-state index >= 15 is 0 Å². The summed E-state index contributed by atoms with van der Waals surface area (Å²) in [7, 11) is 0. The molecule has 0 amide bonds. The third-order valence-corrected chi connectivity index (χ3v) is 3.30. The molecule has 0 saturated heterocycles. The van der Waals surface area contributed by atoms with Crippen LogP contribution in [0, 0.1) is 6.92 Å². The SMILES string of the molecule is Cc1nnc(C(CN)Cc2ccc(C(C)C)cc2)o1. The van der Waals surface area contributed by atoms with Gasteiger partial charge in [0.25, 0.3) is 0 Å². The fourth-order valence-corrected chi connectivity index (χ4v) is 2.07. The van der Waals surface area contributed by atoms with E-state index < -0.39 is 0 Å². The molecule has 102 valence electrons. The Labute approximate surface area is 114 Å². The van der Waals surface area contributed by atoms with Crippen molar-refractivity contribution in [3.8, 4) is 0 Å². The molecular weight excluding hydrogens is 238 g/mol. The van der Waals surface area contributed by atoms with Gasteiger partial charge in [0.2, 0.25) is 11.8 Å². The molecule has 1 unspecified atom stereocenters. The van der Waals surface area contributed by atoms with Gasteiger partial charge in [-0.05, 0) is 23.5 Å². The van der Waals surface area contributed by atoms with Gasteiger partial charge in [-0.3, -0.25) is 0 Å². The quantitative estimate of drug-likeness (QED) is 0.896. The summed E-state index contributed by atoms with van der Waals surface area (Å²) in [4.78, 5) is 0. The predicted molar refractivity (Wildman–Crippen MR) is 75.1 cm³/mol. The second-order valence-electron chi connectivity index (χ2n) is 5.19. The minimum absolute atomic E-state index is 0.0890.